The van der Waals surface area contributed by atoms with Gasteiger partial charge in [0.05, 0.1) is 0 Å². The highest BCUT2D eigenvalue weighted by molar-refractivity contribution is 5.84. The van der Waals surface area contributed by atoms with Crippen molar-refractivity contribution < 1.29 is 8.78 Å². The lowest BCUT2D eigenvalue weighted by Crippen LogP contribution is -2.13. The molecule has 0 spiro atoms. The molecule has 0 unspecified atom stereocenters. The van der Waals surface area contributed by atoms with E-state index in [4.69, 9.17) is 0 Å². The first-order chi connectivity index (χ1) is 15.1. The highest BCUT2D eigenvalue weighted by atomic mass is 19.1. The van der Waals surface area contributed by atoms with Crippen LogP contribution in [0.1, 0.15) is 105 Å². The number of unbranched alkanes of at least 4 members (excludes halogenated alkanes) is 2. The molecule has 1 fully saturated rings. The van der Waals surface area contributed by atoms with Crippen LogP contribution in [0, 0.1) is 17.6 Å². The van der Waals surface area contributed by atoms with Crippen molar-refractivity contribution in [2.45, 2.75) is 90.4 Å². The summed E-state index contributed by atoms with van der Waals surface area (Å²) in [5.74, 6) is 1.17. The molecule has 4 rings (SSSR count). The van der Waals surface area contributed by atoms with Crippen molar-refractivity contribution in [1.29, 1.82) is 0 Å². The second kappa shape index (κ2) is 10.1. The third kappa shape index (κ3) is 4.94. The molecule has 0 saturated heterocycles. The van der Waals surface area contributed by atoms with E-state index in [1.54, 1.807) is 6.07 Å². The van der Waals surface area contributed by atoms with Gasteiger partial charge >= 0.3 is 0 Å². The highest BCUT2D eigenvalue weighted by Crippen LogP contribution is 2.39. The number of rotatable bonds is 7. The summed E-state index contributed by atoms with van der Waals surface area (Å²) in [6.45, 7) is 4.24. The van der Waals surface area contributed by atoms with Gasteiger partial charge in [-0.2, -0.15) is 0 Å². The van der Waals surface area contributed by atoms with E-state index < -0.39 is 0 Å². The van der Waals surface area contributed by atoms with Crippen LogP contribution in [0.25, 0.3) is 11.6 Å². The summed E-state index contributed by atoms with van der Waals surface area (Å²) in [5.41, 5.74) is 5.29. The molecule has 0 aliphatic heterocycles. The minimum absolute atomic E-state index is 0.0728. The summed E-state index contributed by atoms with van der Waals surface area (Å²) in [4.78, 5) is 0. The van der Waals surface area contributed by atoms with Gasteiger partial charge in [-0.15, -0.1) is 0 Å². The molecule has 2 aromatic rings. The van der Waals surface area contributed by atoms with E-state index in [0.717, 1.165) is 33.7 Å². The molecule has 0 N–H and O–H groups in total. The minimum atomic E-state index is -0.122. The molecule has 31 heavy (non-hydrogen) atoms. The van der Waals surface area contributed by atoms with E-state index in [1.807, 2.05) is 31.2 Å². The zero-order chi connectivity index (χ0) is 21.8. The minimum Gasteiger partial charge on any atom is -0.206 e. The van der Waals surface area contributed by atoms with E-state index in [0.29, 0.717) is 30.7 Å². The molecule has 0 radical (unpaired) electrons. The van der Waals surface area contributed by atoms with E-state index in [-0.39, 0.29) is 11.6 Å². The fourth-order valence-corrected chi connectivity index (χ4v) is 5.59. The van der Waals surface area contributed by atoms with Crippen LogP contribution in [0.4, 0.5) is 8.78 Å². The first kappa shape index (κ1) is 22.2. The molecule has 0 heterocycles. The Morgan fingerprint density at radius 2 is 1.71 bits per heavy atom. The fraction of sp³-hybridized carbons (Fsp3) is 0.517. The van der Waals surface area contributed by atoms with Crippen LogP contribution in [0.15, 0.2) is 30.3 Å². The Labute approximate surface area is 186 Å². The van der Waals surface area contributed by atoms with Gasteiger partial charge in [-0.25, -0.2) is 8.78 Å². The zero-order valence-corrected chi connectivity index (χ0v) is 19.2. The van der Waals surface area contributed by atoms with Crippen molar-refractivity contribution in [3.63, 3.8) is 0 Å². The average Bonchev–Trinajstić information content (AvgIpc) is 2.80. The Bertz CT molecular complexity index is 932. The summed E-state index contributed by atoms with van der Waals surface area (Å²) in [6.07, 6.45) is 14.3. The number of halogens is 2. The molecule has 0 bridgehead atoms. The Hall–Kier alpha value is -1.96. The smallest absolute Gasteiger partial charge is 0.130 e. The lowest BCUT2D eigenvalue weighted by molar-refractivity contribution is 0.302. The summed E-state index contributed by atoms with van der Waals surface area (Å²) >= 11 is 0. The van der Waals surface area contributed by atoms with E-state index in [2.05, 4.69) is 13.0 Å². The van der Waals surface area contributed by atoms with Crippen LogP contribution < -0.4 is 0 Å². The number of benzene rings is 2. The van der Waals surface area contributed by atoms with Crippen molar-refractivity contribution in [2.24, 2.45) is 5.92 Å². The monoisotopic (exact) mass is 422 g/mol. The Balaban J connectivity index is 1.46. The van der Waals surface area contributed by atoms with Crippen LogP contribution >= 0.6 is 0 Å². The summed E-state index contributed by atoms with van der Waals surface area (Å²) in [7, 11) is 0. The standard InChI is InChI=1S/C29H36F2/c1-3-5-6-7-20-8-10-22(11-9-20)23-14-16-26(28(30)19-23)24-15-17-27-25(18-24)13-12-21(4-2)29(27)31/h12-14,16,18-20,22H,3-11,15,17H2,1-2H3. The maximum Gasteiger partial charge on any atom is 0.130 e. The Morgan fingerprint density at radius 1 is 0.903 bits per heavy atom. The molecule has 0 amide bonds. The quantitative estimate of drug-likeness (QED) is 0.391. The Kier molecular flexibility index (Phi) is 7.25. The van der Waals surface area contributed by atoms with E-state index in [9.17, 15) is 4.39 Å². The van der Waals surface area contributed by atoms with Gasteiger partial charge in [0.15, 0.2) is 0 Å². The average molecular weight is 423 g/mol. The zero-order valence-electron chi connectivity index (χ0n) is 19.2. The van der Waals surface area contributed by atoms with Gasteiger partial charge in [-0.3, -0.25) is 0 Å². The van der Waals surface area contributed by atoms with Crippen LogP contribution in [0.2, 0.25) is 0 Å². The second-order valence-electron chi connectivity index (χ2n) is 9.58. The summed E-state index contributed by atoms with van der Waals surface area (Å²) < 4.78 is 29.8. The molecular formula is C29H36F2. The molecule has 1 saturated carbocycles. The molecule has 166 valence electrons. The van der Waals surface area contributed by atoms with Crippen LogP contribution in [-0.2, 0) is 12.8 Å². The Morgan fingerprint density at radius 3 is 2.42 bits per heavy atom. The lowest BCUT2D eigenvalue weighted by Gasteiger charge is -2.29. The summed E-state index contributed by atoms with van der Waals surface area (Å²) in [5, 5.41) is 0. The molecular weight excluding hydrogens is 386 g/mol. The van der Waals surface area contributed by atoms with Crippen molar-refractivity contribution in [3.05, 3.63) is 69.8 Å². The molecule has 0 nitrogen and oxygen atoms in total. The third-order valence-corrected chi connectivity index (χ3v) is 7.59. The molecule has 0 aromatic heterocycles. The van der Waals surface area contributed by atoms with Crippen molar-refractivity contribution in [3.8, 4) is 0 Å². The van der Waals surface area contributed by atoms with Gasteiger partial charge in [0.25, 0.3) is 0 Å². The van der Waals surface area contributed by atoms with Gasteiger partial charge in [-0.1, -0.05) is 69.9 Å². The van der Waals surface area contributed by atoms with E-state index >= 15 is 4.39 Å². The third-order valence-electron chi connectivity index (χ3n) is 7.59. The number of hydrogen-bond donors (Lipinski definition) is 0. The van der Waals surface area contributed by atoms with Gasteiger partial charge in [0.1, 0.15) is 11.6 Å². The van der Waals surface area contributed by atoms with Crippen molar-refractivity contribution in [2.75, 3.05) is 0 Å². The topological polar surface area (TPSA) is 0 Å². The first-order valence-corrected chi connectivity index (χ1v) is 12.4. The van der Waals surface area contributed by atoms with Gasteiger partial charge in [0, 0.05) is 5.56 Å². The molecule has 2 heteroatoms. The number of hydrogen-bond acceptors (Lipinski definition) is 0. The fourth-order valence-electron chi connectivity index (χ4n) is 5.59. The molecule has 2 aliphatic carbocycles. The van der Waals surface area contributed by atoms with Crippen molar-refractivity contribution >= 4 is 11.6 Å². The SMILES string of the molecule is CCCCCC1CCC(c2ccc(C3=Cc4ccc(CC)c(F)c4CC3)c(F)c2)CC1. The number of allylic oxidation sites excluding steroid dienone is 1. The molecule has 0 atom stereocenters. The van der Waals surface area contributed by atoms with Gasteiger partial charge in [0.2, 0.25) is 0 Å². The van der Waals surface area contributed by atoms with Crippen LogP contribution in [-0.4, -0.2) is 0 Å². The predicted molar refractivity (Wildman–Crippen MR) is 127 cm³/mol. The summed E-state index contributed by atoms with van der Waals surface area (Å²) in [6, 6.07) is 9.73. The van der Waals surface area contributed by atoms with E-state index in [1.165, 1.54) is 51.4 Å². The van der Waals surface area contributed by atoms with Gasteiger partial charge < -0.3 is 0 Å². The first-order valence-electron chi connectivity index (χ1n) is 12.4. The molecule has 2 aromatic carbocycles. The predicted octanol–water partition coefficient (Wildman–Crippen LogP) is 8.87. The maximum atomic E-state index is 15.1. The van der Waals surface area contributed by atoms with Crippen molar-refractivity contribution in [1.82, 2.24) is 0 Å². The lowest BCUT2D eigenvalue weighted by atomic mass is 9.76. The highest BCUT2D eigenvalue weighted by Gasteiger charge is 2.24. The second-order valence-corrected chi connectivity index (χ2v) is 9.58. The molecule has 2 aliphatic rings. The van der Waals surface area contributed by atoms with Gasteiger partial charge in [-0.05, 0) is 90.7 Å². The number of aryl methyl sites for hydroxylation is 1. The number of fused-ring (bicyclic) bond motifs is 1. The largest absolute Gasteiger partial charge is 0.206 e. The van der Waals surface area contributed by atoms with Crippen LogP contribution in [0.5, 0.6) is 0 Å². The normalized spacial score (nSPS) is 21.0. The van der Waals surface area contributed by atoms with Crippen LogP contribution in [0.3, 0.4) is 0 Å². The maximum absolute atomic E-state index is 15.1.